The SMILES string of the molecule is CCC(Oc1ccccc1C)C(=O)Nc1ccc(I)cc1C. The van der Waals surface area contributed by atoms with Gasteiger partial charge in [0.1, 0.15) is 5.75 Å². The van der Waals surface area contributed by atoms with Crippen molar-refractivity contribution < 1.29 is 9.53 Å². The standard InChI is InChI=1S/C18H20INO2/c1-4-16(22-17-8-6-5-7-12(17)2)18(21)20-15-10-9-14(19)11-13(15)3/h5-11,16H,4H2,1-3H3,(H,20,21). The average molecular weight is 409 g/mol. The summed E-state index contributed by atoms with van der Waals surface area (Å²) in [5.74, 6) is 0.638. The summed E-state index contributed by atoms with van der Waals surface area (Å²) in [7, 11) is 0. The summed E-state index contributed by atoms with van der Waals surface area (Å²) in [5.41, 5.74) is 2.91. The number of halogens is 1. The van der Waals surface area contributed by atoms with Gasteiger partial charge in [-0.3, -0.25) is 4.79 Å². The third-order valence-corrected chi connectivity index (χ3v) is 4.14. The van der Waals surface area contributed by atoms with Gasteiger partial charge in [-0.2, -0.15) is 0 Å². The lowest BCUT2D eigenvalue weighted by Crippen LogP contribution is -2.32. The number of nitrogens with one attached hydrogen (secondary N) is 1. The number of carbonyl (C=O) groups is 1. The topological polar surface area (TPSA) is 38.3 Å². The number of ether oxygens (including phenoxy) is 1. The second-order valence-corrected chi connectivity index (χ2v) is 6.47. The second kappa shape index (κ2) is 7.63. The molecule has 2 rings (SSSR count). The Labute approximate surface area is 145 Å². The van der Waals surface area contributed by atoms with E-state index in [9.17, 15) is 4.79 Å². The molecular weight excluding hydrogens is 389 g/mol. The highest BCUT2D eigenvalue weighted by Crippen LogP contribution is 2.21. The van der Waals surface area contributed by atoms with Crippen molar-refractivity contribution in [3.8, 4) is 5.75 Å². The van der Waals surface area contributed by atoms with Gasteiger partial charge in [0.15, 0.2) is 6.10 Å². The van der Waals surface area contributed by atoms with Gasteiger partial charge >= 0.3 is 0 Å². The molecule has 0 aliphatic carbocycles. The quantitative estimate of drug-likeness (QED) is 0.727. The number of hydrogen-bond acceptors (Lipinski definition) is 2. The van der Waals surface area contributed by atoms with E-state index in [0.29, 0.717) is 6.42 Å². The predicted molar refractivity (Wildman–Crippen MR) is 98.4 cm³/mol. The fourth-order valence-corrected chi connectivity index (χ4v) is 2.79. The Morgan fingerprint density at radius 1 is 1.18 bits per heavy atom. The smallest absolute Gasteiger partial charge is 0.265 e. The number of aryl methyl sites for hydroxylation is 2. The third-order valence-electron chi connectivity index (χ3n) is 3.47. The zero-order valence-corrected chi connectivity index (χ0v) is 15.2. The first-order valence-electron chi connectivity index (χ1n) is 7.30. The van der Waals surface area contributed by atoms with Crippen LogP contribution in [-0.4, -0.2) is 12.0 Å². The van der Waals surface area contributed by atoms with E-state index in [1.165, 1.54) is 0 Å². The van der Waals surface area contributed by atoms with Crippen molar-refractivity contribution in [2.45, 2.75) is 33.3 Å². The highest BCUT2D eigenvalue weighted by atomic mass is 127. The summed E-state index contributed by atoms with van der Waals surface area (Å²) < 4.78 is 7.03. The Kier molecular flexibility index (Phi) is 5.83. The number of para-hydroxylation sites is 1. The lowest BCUT2D eigenvalue weighted by atomic mass is 10.1. The van der Waals surface area contributed by atoms with Crippen molar-refractivity contribution in [2.24, 2.45) is 0 Å². The molecule has 0 radical (unpaired) electrons. The molecule has 22 heavy (non-hydrogen) atoms. The van der Waals surface area contributed by atoms with E-state index < -0.39 is 6.10 Å². The largest absolute Gasteiger partial charge is 0.480 e. The zero-order valence-electron chi connectivity index (χ0n) is 13.0. The number of hydrogen-bond donors (Lipinski definition) is 1. The van der Waals surface area contributed by atoms with Crippen LogP contribution < -0.4 is 10.1 Å². The van der Waals surface area contributed by atoms with E-state index in [4.69, 9.17) is 4.74 Å². The minimum atomic E-state index is -0.500. The zero-order chi connectivity index (χ0) is 16.1. The molecule has 1 N–H and O–H groups in total. The molecule has 0 saturated heterocycles. The molecule has 0 aliphatic rings. The maximum Gasteiger partial charge on any atom is 0.265 e. The van der Waals surface area contributed by atoms with E-state index in [-0.39, 0.29) is 5.91 Å². The maximum absolute atomic E-state index is 12.5. The van der Waals surface area contributed by atoms with Crippen LogP contribution in [0.3, 0.4) is 0 Å². The monoisotopic (exact) mass is 409 g/mol. The van der Waals surface area contributed by atoms with Gasteiger partial charge in [-0.15, -0.1) is 0 Å². The summed E-state index contributed by atoms with van der Waals surface area (Å²) in [6.45, 7) is 5.91. The second-order valence-electron chi connectivity index (χ2n) is 5.23. The predicted octanol–water partition coefficient (Wildman–Crippen LogP) is 4.70. The van der Waals surface area contributed by atoms with Gasteiger partial charge in [-0.25, -0.2) is 0 Å². The molecule has 1 atom stereocenters. The number of amides is 1. The molecule has 1 unspecified atom stereocenters. The maximum atomic E-state index is 12.5. The van der Waals surface area contributed by atoms with Crippen molar-refractivity contribution in [2.75, 3.05) is 5.32 Å². The van der Waals surface area contributed by atoms with Crippen LogP contribution in [0.15, 0.2) is 42.5 Å². The van der Waals surface area contributed by atoms with Crippen LogP contribution in [0.5, 0.6) is 5.75 Å². The van der Waals surface area contributed by atoms with Gasteiger partial charge in [0.05, 0.1) is 0 Å². The summed E-state index contributed by atoms with van der Waals surface area (Å²) in [4.78, 5) is 12.5. The molecule has 0 saturated carbocycles. The first-order chi connectivity index (χ1) is 10.5. The van der Waals surface area contributed by atoms with Crippen LogP contribution in [0.2, 0.25) is 0 Å². The van der Waals surface area contributed by atoms with E-state index in [2.05, 4.69) is 27.9 Å². The number of rotatable bonds is 5. The molecule has 0 aromatic heterocycles. The molecule has 116 valence electrons. The molecule has 0 heterocycles. The third kappa shape index (κ3) is 4.22. The van der Waals surface area contributed by atoms with Crippen LogP contribution in [0, 0.1) is 17.4 Å². The van der Waals surface area contributed by atoms with Gasteiger partial charge in [-0.05, 0) is 78.3 Å². The van der Waals surface area contributed by atoms with Crippen LogP contribution in [0.4, 0.5) is 5.69 Å². The van der Waals surface area contributed by atoms with Gasteiger partial charge in [-0.1, -0.05) is 25.1 Å². The van der Waals surface area contributed by atoms with Crippen molar-refractivity contribution in [1.82, 2.24) is 0 Å². The summed E-state index contributed by atoms with van der Waals surface area (Å²) in [6.07, 6.45) is 0.114. The lowest BCUT2D eigenvalue weighted by molar-refractivity contribution is -0.122. The van der Waals surface area contributed by atoms with Crippen LogP contribution in [0.1, 0.15) is 24.5 Å². The molecule has 2 aromatic carbocycles. The van der Waals surface area contributed by atoms with Crippen molar-refractivity contribution in [1.29, 1.82) is 0 Å². The van der Waals surface area contributed by atoms with Gasteiger partial charge < -0.3 is 10.1 Å². The van der Waals surface area contributed by atoms with Crippen LogP contribution in [-0.2, 0) is 4.79 Å². The highest BCUT2D eigenvalue weighted by molar-refractivity contribution is 14.1. The Bertz CT molecular complexity index is 670. The first-order valence-corrected chi connectivity index (χ1v) is 8.38. The molecule has 0 fully saturated rings. The fourth-order valence-electron chi connectivity index (χ4n) is 2.14. The summed E-state index contributed by atoms with van der Waals surface area (Å²) >= 11 is 2.26. The Balaban J connectivity index is 2.10. The first kappa shape index (κ1) is 16.8. The molecule has 0 spiro atoms. The van der Waals surface area contributed by atoms with Gasteiger partial charge in [0.25, 0.3) is 5.91 Å². The molecule has 4 heteroatoms. The van der Waals surface area contributed by atoms with E-state index in [1.54, 1.807) is 0 Å². The lowest BCUT2D eigenvalue weighted by Gasteiger charge is -2.19. The van der Waals surface area contributed by atoms with Crippen molar-refractivity contribution >= 4 is 34.2 Å². The molecule has 2 aromatic rings. The Morgan fingerprint density at radius 3 is 2.55 bits per heavy atom. The average Bonchev–Trinajstić information content (AvgIpc) is 2.49. The molecule has 3 nitrogen and oxygen atoms in total. The van der Waals surface area contributed by atoms with E-state index in [1.807, 2.05) is 63.2 Å². The van der Waals surface area contributed by atoms with E-state index >= 15 is 0 Å². The summed E-state index contributed by atoms with van der Waals surface area (Å²) in [5, 5.41) is 2.96. The van der Waals surface area contributed by atoms with Crippen molar-refractivity contribution in [3.63, 3.8) is 0 Å². The number of carbonyl (C=O) groups excluding carboxylic acids is 1. The fraction of sp³-hybridized carbons (Fsp3) is 0.278. The molecule has 0 aliphatic heterocycles. The molecular formula is C18H20INO2. The van der Waals surface area contributed by atoms with Gasteiger partial charge in [0, 0.05) is 9.26 Å². The van der Waals surface area contributed by atoms with Crippen LogP contribution >= 0.6 is 22.6 Å². The normalized spacial score (nSPS) is 11.8. The van der Waals surface area contributed by atoms with Crippen molar-refractivity contribution in [3.05, 3.63) is 57.2 Å². The molecule has 1 amide bonds. The minimum Gasteiger partial charge on any atom is -0.480 e. The van der Waals surface area contributed by atoms with Crippen LogP contribution in [0.25, 0.3) is 0 Å². The number of benzene rings is 2. The number of anilines is 1. The van der Waals surface area contributed by atoms with Gasteiger partial charge in [0.2, 0.25) is 0 Å². The molecule has 0 bridgehead atoms. The minimum absolute atomic E-state index is 0.116. The summed E-state index contributed by atoms with van der Waals surface area (Å²) in [6, 6.07) is 13.7. The van der Waals surface area contributed by atoms with E-state index in [0.717, 1.165) is 26.1 Å². The highest BCUT2D eigenvalue weighted by Gasteiger charge is 2.19. The Hall–Kier alpha value is -1.56. The Morgan fingerprint density at radius 2 is 1.91 bits per heavy atom.